The fourth-order valence-electron chi connectivity index (χ4n) is 4.87. The highest BCUT2D eigenvalue weighted by atomic mass is 32.2. The third-order valence-corrected chi connectivity index (χ3v) is 9.02. The number of nitrogens with zero attached hydrogens (tertiary/aromatic N) is 4. The van der Waals surface area contributed by atoms with E-state index < -0.39 is 16.1 Å². The molecule has 1 saturated carbocycles. The van der Waals surface area contributed by atoms with Crippen molar-refractivity contribution in [3.05, 3.63) is 48.0 Å². The molecule has 2 aromatic rings. The summed E-state index contributed by atoms with van der Waals surface area (Å²) in [5.41, 5.74) is 1.74. The average molecular weight is 513 g/mol. The topological polar surface area (TPSA) is 95.9 Å². The zero-order valence-electron chi connectivity index (χ0n) is 21.3. The maximum Gasteiger partial charge on any atom is 0.247 e. The quantitative estimate of drug-likeness (QED) is 0.595. The molecule has 2 heterocycles. The number of rotatable bonds is 6. The molecule has 1 fully saturated rings. The first-order valence-electron chi connectivity index (χ1n) is 12.6. The molecule has 1 aliphatic carbocycles. The molecule has 36 heavy (non-hydrogen) atoms. The van der Waals surface area contributed by atoms with Crippen LogP contribution in [-0.2, 0) is 16.6 Å². The lowest BCUT2D eigenvalue weighted by Gasteiger charge is -2.37. The van der Waals surface area contributed by atoms with Crippen LogP contribution in [0.2, 0.25) is 0 Å². The fourth-order valence-corrected chi connectivity index (χ4v) is 6.70. The smallest absolute Gasteiger partial charge is 0.247 e. The van der Waals surface area contributed by atoms with Crippen LogP contribution in [0.3, 0.4) is 0 Å². The normalized spacial score (nSPS) is 23.1. The first-order chi connectivity index (χ1) is 17.3. The average Bonchev–Trinajstić information content (AvgIpc) is 3.39. The Hall–Kier alpha value is -2.51. The Morgan fingerprint density at radius 3 is 2.67 bits per heavy atom. The van der Waals surface area contributed by atoms with E-state index in [4.69, 9.17) is 4.74 Å². The molecule has 1 aromatic heterocycles. The molecule has 8 nitrogen and oxygen atoms in total. The molecule has 1 N–H and O–H groups in total. The molecule has 0 unspecified atom stereocenters. The van der Waals surface area contributed by atoms with Crippen molar-refractivity contribution in [3.63, 3.8) is 0 Å². The number of sulfonamides is 1. The number of hydrogen-bond donors (Lipinski definition) is 1. The van der Waals surface area contributed by atoms with E-state index in [1.807, 2.05) is 14.0 Å². The number of aromatic nitrogens is 2. The summed E-state index contributed by atoms with van der Waals surface area (Å²) in [7, 11) is -1.87. The SMILES string of the molecule is C[C@H](CO)N1C[C@H](C)[C@H](CN(C)Cc2cncnc2)Oc2cc(C#CC3CCCC3)ccc2S1(=O)=O. The van der Waals surface area contributed by atoms with Crippen molar-refractivity contribution in [1.29, 1.82) is 0 Å². The number of benzene rings is 1. The number of hydrogen-bond acceptors (Lipinski definition) is 7. The predicted octanol–water partition coefficient (Wildman–Crippen LogP) is 2.92. The first kappa shape index (κ1) is 26.6. The van der Waals surface area contributed by atoms with Gasteiger partial charge >= 0.3 is 0 Å². The lowest BCUT2D eigenvalue weighted by molar-refractivity contribution is 0.0733. The standard InChI is InChI=1S/C27H36N4O4S/c1-20-15-31(21(2)18-32)36(33,34)27-11-10-23(9-8-22-6-4-5-7-22)12-25(27)35-26(20)17-30(3)16-24-13-28-19-29-14-24/h10-14,19-22,26,32H,4-7,15-18H2,1-3H3/t20-,21+,26-/m0/s1. The molecule has 1 aliphatic heterocycles. The predicted molar refractivity (Wildman–Crippen MR) is 138 cm³/mol. The highest BCUT2D eigenvalue weighted by Gasteiger charge is 2.38. The number of fused-ring (bicyclic) bond motifs is 1. The summed E-state index contributed by atoms with van der Waals surface area (Å²) in [5.74, 6) is 7.19. The van der Waals surface area contributed by atoms with E-state index in [0.29, 0.717) is 24.8 Å². The van der Waals surface area contributed by atoms with Gasteiger partial charge < -0.3 is 9.84 Å². The lowest BCUT2D eigenvalue weighted by Crippen LogP contribution is -2.49. The highest BCUT2D eigenvalue weighted by Crippen LogP contribution is 2.34. The third-order valence-electron chi connectivity index (χ3n) is 7.00. The van der Waals surface area contributed by atoms with Crippen molar-refractivity contribution in [2.24, 2.45) is 11.8 Å². The molecule has 194 valence electrons. The summed E-state index contributed by atoms with van der Waals surface area (Å²) in [5, 5.41) is 9.83. The van der Waals surface area contributed by atoms with Crippen LogP contribution in [0.1, 0.15) is 50.7 Å². The second-order valence-electron chi connectivity index (χ2n) is 10.1. The Balaban J connectivity index is 1.66. The maximum absolute atomic E-state index is 13.6. The summed E-state index contributed by atoms with van der Waals surface area (Å²) in [6, 6.07) is 4.56. The van der Waals surface area contributed by atoms with Crippen LogP contribution in [-0.4, -0.2) is 71.6 Å². The first-order valence-corrected chi connectivity index (χ1v) is 14.1. The van der Waals surface area contributed by atoms with E-state index in [-0.39, 0.29) is 30.1 Å². The van der Waals surface area contributed by atoms with Crippen LogP contribution in [0.5, 0.6) is 5.75 Å². The maximum atomic E-state index is 13.6. The van der Waals surface area contributed by atoms with Gasteiger partial charge in [-0.3, -0.25) is 4.90 Å². The summed E-state index contributed by atoms with van der Waals surface area (Å²) in [4.78, 5) is 10.4. The van der Waals surface area contributed by atoms with Crippen molar-refractivity contribution in [2.45, 2.75) is 63.1 Å². The van der Waals surface area contributed by atoms with E-state index in [9.17, 15) is 13.5 Å². The van der Waals surface area contributed by atoms with E-state index in [1.165, 1.54) is 23.5 Å². The molecule has 9 heteroatoms. The summed E-state index contributed by atoms with van der Waals surface area (Å²) < 4.78 is 35.2. The van der Waals surface area contributed by atoms with Gasteiger partial charge in [0.1, 0.15) is 23.1 Å². The van der Waals surface area contributed by atoms with Gasteiger partial charge in [-0.1, -0.05) is 31.6 Å². The number of ether oxygens (including phenoxy) is 1. The van der Waals surface area contributed by atoms with Crippen molar-refractivity contribution >= 4 is 10.0 Å². The minimum atomic E-state index is -3.86. The molecule has 0 saturated heterocycles. The second-order valence-corrected chi connectivity index (χ2v) is 12.0. The van der Waals surface area contributed by atoms with Crippen LogP contribution in [0.25, 0.3) is 0 Å². The van der Waals surface area contributed by atoms with Gasteiger partial charge in [0, 0.05) is 61.0 Å². The number of aliphatic hydroxyl groups is 1. The van der Waals surface area contributed by atoms with Crippen LogP contribution in [0, 0.1) is 23.7 Å². The zero-order chi connectivity index (χ0) is 25.7. The van der Waals surface area contributed by atoms with Gasteiger partial charge in [0.2, 0.25) is 10.0 Å². The van der Waals surface area contributed by atoms with Gasteiger partial charge in [0.25, 0.3) is 0 Å². The van der Waals surface area contributed by atoms with Crippen molar-refractivity contribution in [3.8, 4) is 17.6 Å². The summed E-state index contributed by atoms with van der Waals surface area (Å²) in [6.45, 7) is 4.93. The summed E-state index contributed by atoms with van der Waals surface area (Å²) >= 11 is 0. The van der Waals surface area contributed by atoms with Crippen LogP contribution in [0.4, 0.5) is 0 Å². The van der Waals surface area contributed by atoms with E-state index in [1.54, 1.807) is 37.5 Å². The zero-order valence-corrected chi connectivity index (χ0v) is 22.1. The van der Waals surface area contributed by atoms with Gasteiger partial charge in [-0.25, -0.2) is 18.4 Å². The molecule has 2 aliphatic rings. The van der Waals surface area contributed by atoms with Crippen molar-refractivity contribution < 1.29 is 18.3 Å². The van der Waals surface area contributed by atoms with Gasteiger partial charge in [-0.05, 0) is 45.0 Å². The van der Waals surface area contributed by atoms with Crippen molar-refractivity contribution in [2.75, 3.05) is 26.7 Å². The Bertz CT molecular complexity index is 1190. The Morgan fingerprint density at radius 2 is 1.97 bits per heavy atom. The van der Waals surface area contributed by atoms with Crippen LogP contribution in [0.15, 0.2) is 41.8 Å². The molecule has 0 spiro atoms. The lowest BCUT2D eigenvalue weighted by atomic mass is 10.0. The molecular formula is C27H36N4O4S. The molecule has 4 rings (SSSR count). The van der Waals surface area contributed by atoms with Crippen LogP contribution < -0.4 is 4.74 Å². The minimum absolute atomic E-state index is 0.116. The monoisotopic (exact) mass is 512 g/mol. The van der Waals surface area contributed by atoms with Gasteiger partial charge in [-0.15, -0.1) is 0 Å². The summed E-state index contributed by atoms with van der Waals surface area (Å²) in [6.07, 6.45) is 9.47. The molecule has 0 amide bonds. The van der Waals surface area contributed by atoms with Crippen molar-refractivity contribution in [1.82, 2.24) is 19.2 Å². The third kappa shape index (κ3) is 6.24. The van der Waals surface area contributed by atoms with Gasteiger partial charge in [-0.2, -0.15) is 4.31 Å². The van der Waals surface area contributed by atoms with E-state index in [2.05, 4.69) is 26.7 Å². The van der Waals surface area contributed by atoms with Crippen LogP contribution >= 0.6 is 0 Å². The molecule has 0 radical (unpaired) electrons. The van der Waals surface area contributed by atoms with E-state index >= 15 is 0 Å². The van der Waals surface area contributed by atoms with Gasteiger partial charge in [0.15, 0.2) is 0 Å². The molecule has 1 aromatic carbocycles. The Kier molecular flexibility index (Phi) is 8.62. The highest BCUT2D eigenvalue weighted by molar-refractivity contribution is 7.89. The fraction of sp³-hybridized carbons (Fsp3) is 0.556. The number of likely N-dealkylation sites (N-methyl/N-ethyl adjacent to an activating group) is 1. The Labute approximate surface area is 214 Å². The number of aliphatic hydroxyl groups excluding tert-OH is 1. The van der Waals surface area contributed by atoms with E-state index in [0.717, 1.165) is 24.0 Å². The second kappa shape index (κ2) is 11.7. The largest absolute Gasteiger partial charge is 0.487 e. The molecule has 3 atom stereocenters. The Morgan fingerprint density at radius 1 is 1.25 bits per heavy atom. The van der Waals surface area contributed by atoms with Gasteiger partial charge in [0.05, 0.1) is 6.61 Å². The molecular weight excluding hydrogens is 476 g/mol. The minimum Gasteiger partial charge on any atom is -0.487 e. The molecule has 0 bridgehead atoms.